The van der Waals surface area contributed by atoms with Gasteiger partial charge < -0.3 is 0 Å². The predicted octanol–water partition coefficient (Wildman–Crippen LogP) is 6.07. The topological polar surface area (TPSA) is 0 Å². The summed E-state index contributed by atoms with van der Waals surface area (Å²) in [5, 5.41) is 0.218. The van der Waals surface area contributed by atoms with Gasteiger partial charge in [-0.15, -0.1) is 22.9 Å². The molecule has 0 aliphatic heterocycles. The number of alkyl halides is 1. The molecular weight excluding hydrogens is 304 g/mol. The summed E-state index contributed by atoms with van der Waals surface area (Å²) >= 11 is 11.8. The first-order valence-electron chi connectivity index (χ1n) is 6.06. The van der Waals surface area contributed by atoms with Crippen molar-refractivity contribution in [2.24, 2.45) is 5.92 Å². The van der Waals surface area contributed by atoms with Gasteiger partial charge in [0.2, 0.25) is 0 Å². The highest BCUT2D eigenvalue weighted by Gasteiger charge is 2.18. The molecule has 0 spiro atoms. The van der Waals surface area contributed by atoms with Crippen LogP contribution in [-0.4, -0.2) is 0 Å². The summed E-state index contributed by atoms with van der Waals surface area (Å²) in [5.41, 5.74) is 0. The summed E-state index contributed by atoms with van der Waals surface area (Å²) < 4.78 is 1.21. The Morgan fingerprint density at radius 3 is 2.75 bits per heavy atom. The fraction of sp³-hybridized carbons (Fsp3) is 0.692. The molecular formula is C13H18BrClS. The van der Waals surface area contributed by atoms with Gasteiger partial charge in [-0.3, -0.25) is 0 Å². The van der Waals surface area contributed by atoms with Gasteiger partial charge in [0.05, 0.1) is 5.38 Å². The minimum absolute atomic E-state index is 0.218. The van der Waals surface area contributed by atoms with Crippen LogP contribution in [0.25, 0.3) is 0 Å². The molecule has 1 aromatic heterocycles. The third-order valence-electron chi connectivity index (χ3n) is 3.49. The third kappa shape index (κ3) is 3.24. The number of rotatable bonds is 4. The van der Waals surface area contributed by atoms with Crippen molar-refractivity contribution in [3.05, 3.63) is 20.3 Å². The van der Waals surface area contributed by atoms with Gasteiger partial charge in [-0.2, -0.15) is 0 Å². The number of halogens is 2. The average molecular weight is 322 g/mol. The second-order valence-electron chi connectivity index (χ2n) is 4.75. The van der Waals surface area contributed by atoms with Crippen LogP contribution in [0.3, 0.4) is 0 Å². The highest BCUT2D eigenvalue weighted by Crippen LogP contribution is 2.38. The molecule has 0 nitrogen and oxygen atoms in total. The molecule has 0 aromatic carbocycles. The molecule has 1 fully saturated rings. The Morgan fingerprint density at radius 1 is 1.50 bits per heavy atom. The number of hydrogen-bond donors (Lipinski definition) is 0. The van der Waals surface area contributed by atoms with Crippen LogP contribution in [0.2, 0.25) is 0 Å². The summed E-state index contributed by atoms with van der Waals surface area (Å²) in [6.45, 7) is 2.14. The molecule has 0 radical (unpaired) electrons. The maximum atomic E-state index is 6.46. The third-order valence-corrected chi connectivity index (χ3v) is 6.32. The zero-order chi connectivity index (χ0) is 11.5. The van der Waals surface area contributed by atoms with Crippen molar-refractivity contribution in [3.63, 3.8) is 0 Å². The number of hydrogen-bond acceptors (Lipinski definition) is 1. The lowest BCUT2D eigenvalue weighted by molar-refractivity contribution is 0.481. The van der Waals surface area contributed by atoms with E-state index < -0.39 is 0 Å². The Bertz CT molecular complexity index is 322. The quantitative estimate of drug-likeness (QED) is 0.590. The second kappa shape index (κ2) is 5.88. The Kier molecular flexibility index (Phi) is 4.75. The van der Waals surface area contributed by atoms with Gasteiger partial charge >= 0.3 is 0 Å². The van der Waals surface area contributed by atoms with E-state index in [1.165, 1.54) is 46.3 Å². The largest absolute Gasteiger partial charge is 0.143 e. The van der Waals surface area contributed by atoms with Crippen LogP contribution in [0.15, 0.2) is 10.5 Å². The standard InChI is InChI=1S/C13H18BrClS/c1-9-11(14)8-13(16-9)12(15)7-6-10-4-2-3-5-10/h8,10,12H,2-7H2,1H3. The minimum Gasteiger partial charge on any atom is -0.143 e. The molecule has 1 atom stereocenters. The fourth-order valence-corrected chi connectivity index (χ4v) is 4.36. The van der Waals surface area contributed by atoms with Crippen LogP contribution >= 0.6 is 38.9 Å². The van der Waals surface area contributed by atoms with Crippen LogP contribution in [0.4, 0.5) is 0 Å². The molecule has 0 N–H and O–H groups in total. The average Bonchev–Trinajstić information content (AvgIpc) is 2.86. The first kappa shape index (κ1) is 12.9. The summed E-state index contributed by atoms with van der Waals surface area (Å²) in [5.74, 6) is 0.950. The summed E-state index contributed by atoms with van der Waals surface area (Å²) in [7, 11) is 0. The van der Waals surface area contributed by atoms with Crippen LogP contribution in [-0.2, 0) is 0 Å². The number of thiophene rings is 1. The lowest BCUT2D eigenvalue weighted by atomic mass is 10.0. The molecule has 3 heteroatoms. The monoisotopic (exact) mass is 320 g/mol. The summed E-state index contributed by atoms with van der Waals surface area (Å²) in [6, 6.07) is 2.19. The summed E-state index contributed by atoms with van der Waals surface area (Å²) in [4.78, 5) is 2.66. The van der Waals surface area contributed by atoms with Gasteiger partial charge in [0.15, 0.2) is 0 Å². The van der Waals surface area contributed by atoms with E-state index in [9.17, 15) is 0 Å². The van der Waals surface area contributed by atoms with Gasteiger partial charge in [0, 0.05) is 14.2 Å². The molecule has 1 saturated carbocycles. The molecule has 0 amide bonds. The Hall–Kier alpha value is 0.470. The van der Waals surface area contributed by atoms with Crippen LogP contribution in [0.1, 0.15) is 53.7 Å². The molecule has 0 saturated heterocycles. The van der Waals surface area contributed by atoms with Crippen molar-refractivity contribution >= 4 is 38.9 Å². The molecule has 1 unspecified atom stereocenters. The van der Waals surface area contributed by atoms with Crippen molar-refractivity contribution in [3.8, 4) is 0 Å². The van der Waals surface area contributed by atoms with Crippen molar-refractivity contribution in [2.45, 2.75) is 50.8 Å². The highest BCUT2D eigenvalue weighted by atomic mass is 79.9. The molecule has 1 aliphatic rings. The second-order valence-corrected chi connectivity index (χ2v) is 7.42. The van der Waals surface area contributed by atoms with Crippen LogP contribution in [0.5, 0.6) is 0 Å². The maximum Gasteiger partial charge on any atom is 0.0679 e. The van der Waals surface area contributed by atoms with Crippen molar-refractivity contribution in [1.29, 1.82) is 0 Å². The molecule has 16 heavy (non-hydrogen) atoms. The van der Waals surface area contributed by atoms with Gasteiger partial charge in [0.1, 0.15) is 0 Å². The molecule has 1 heterocycles. The molecule has 2 rings (SSSR count). The van der Waals surface area contributed by atoms with Gasteiger partial charge in [-0.25, -0.2) is 0 Å². The van der Waals surface area contributed by atoms with E-state index >= 15 is 0 Å². The Balaban J connectivity index is 1.84. The van der Waals surface area contributed by atoms with E-state index in [1.54, 1.807) is 0 Å². The number of aryl methyl sites for hydroxylation is 1. The Morgan fingerprint density at radius 2 is 2.19 bits per heavy atom. The van der Waals surface area contributed by atoms with Gasteiger partial charge in [-0.05, 0) is 47.7 Å². The predicted molar refractivity (Wildman–Crippen MR) is 76.5 cm³/mol. The molecule has 0 bridgehead atoms. The van der Waals surface area contributed by atoms with E-state index in [0.29, 0.717) is 0 Å². The van der Waals surface area contributed by atoms with Crippen molar-refractivity contribution < 1.29 is 0 Å². The van der Waals surface area contributed by atoms with Crippen LogP contribution in [0, 0.1) is 12.8 Å². The van der Waals surface area contributed by atoms with E-state index in [4.69, 9.17) is 11.6 Å². The smallest absolute Gasteiger partial charge is 0.0679 e. The van der Waals surface area contributed by atoms with E-state index in [2.05, 4.69) is 28.9 Å². The van der Waals surface area contributed by atoms with Crippen LogP contribution < -0.4 is 0 Å². The lowest BCUT2D eigenvalue weighted by Crippen LogP contribution is -1.96. The maximum absolute atomic E-state index is 6.46. The molecule has 1 aliphatic carbocycles. The normalized spacial score (nSPS) is 19.2. The first-order valence-corrected chi connectivity index (χ1v) is 8.11. The summed E-state index contributed by atoms with van der Waals surface area (Å²) in [6.07, 6.45) is 8.16. The zero-order valence-corrected chi connectivity index (χ0v) is 12.8. The lowest BCUT2D eigenvalue weighted by Gasteiger charge is -2.11. The molecule has 1 aromatic rings. The van der Waals surface area contributed by atoms with Crippen molar-refractivity contribution in [1.82, 2.24) is 0 Å². The van der Waals surface area contributed by atoms with E-state index in [1.807, 2.05) is 11.3 Å². The highest BCUT2D eigenvalue weighted by molar-refractivity contribution is 9.10. The Labute approximate surface area is 116 Å². The first-order chi connectivity index (χ1) is 7.66. The van der Waals surface area contributed by atoms with E-state index in [-0.39, 0.29) is 5.38 Å². The molecule has 90 valence electrons. The van der Waals surface area contributed by atoms with Gasteiger partial charge in [-0.1, -0.05) is 25.7 Å². The van der Waals surface area contributed by atoms with Gasteiger partial charge in [0.25, 0.3) is 0 Å². The van der Waals surface area contributed by atoms with Crippen molar-refractivity contribution in [2.75, 3.05) is 0 Å². The SMILES string of the molecule is Cc1sc(C(Cl)CCC2CCCC2)cc1Br. The zero-order valence-electron chi connectivity index (χ0n) is 9.64. The van der Waals surface area contributed by atoms with E-state index in [0.717, 1.165) is 12.3 Å². The minimum atomic E-state index is 0.218. The fourth-order valence-electron chi connectivity index (χ4n) is 2.46.